The summed E-state index contributed by atoms with van der Waals surface area (Å²) in [6.07, 6.45) is 0. The SMILES string of the molecule is Cc1csc(C(C)NCCSc2ccccc2)n1. The molecule has 1 heterocycles. The van der Waals surface area contributed by atoms with Gasteiger partial charge in [-0.15, -0.1) is 23.1 Å². The Morgan fingerprint density at radius 1 is 1.33 bits per heavy atom. The molecule has 2 aromatic rings. The first-order valence-corrected chi connectivity index (χ1v) is 7.95. The molecule has 0 fully saturated rings. The number of nitrogens with one attached hydrogen (secondary N) is 1. The summed E-state index contributed by atoms with van der Waals surface area (Å²) in [5.41, 5.74) is 1.11. The summed E-state index contributed by atoms with van der Waals surface area (Å²) in [5.74, 6) is 1.08. The average Bonchev–Trinajstić information content (AvgIpc) is 2.82. The van der Waals surface area contributed by atoms with E-state index >= 15 is 0 Å². The van der Waals surface area contributed by atoms with Gasteiger partial charge in [-0.1, -0.05) is 18.2 Å². The van der Waals surface area contributed by atoms with Crippen molar-refractivity contribution in [2.24, 2.45) is 0 Å². The molecule has 1 aromatic heterocycles. The first kappa shape index (κ1) is 13.6. The second-order valence-corrected chi connectivity index (χ2v) is 6.22. The number of aromatic nitrogens is 1. The summed E-state index contributed by atoms with van der Waals surface area (Å²) in [6.45, 7) is 5.21. The van der Waals surface area contributed by atoms with Crippen molar-refractivity contribution in [3.8, 4) is 0 Å². The van der Waals surface area contributed by atoms with Gasteiger partial charge in [0.05, 0.1) is 6.04 Å². The highest BCUT2D eigenvalue weighted by Crippen LogP contribution is 2.19. The second kappa shape index (κ2) is 6.92. The maximum Gasteiger partial charge on any atom is 0.110 e. The van der Waals surface area contributed by atoms with Gasteiger partial charge in [0.15, 0.2) is 0 Å². The molecule has 0 saturated heterocycles. The minimum absolute atomic E-state index is 0.347. The van der Waals surface area contributed by atoms with Crippen LogP contribution in [-0.2, 0) is 0 Å². The predicted molar refractivity (Wildman–Crippen MR) is 80.4 cm³/mol. The molecule has 0 aliphatic heterocycles. The van der Waals surface area contributed by atoms with E-state index in [0.717, 1.165) is 18.0 Å². The molecule has 0 radical (unpaired) electrons. The Balaban J connectivity index is 1.69. The summed E-state index contributed by atoms with van der Waals surface area (Å²) in [5, 5.41) is 6.79. The standard InChI is InChI=1S/C14H18N2S2/c1-11-10-18-14(16-11)12(2)15-8-9-17-13-6-4-3-5-7-13/h3-7,10,12,15H,8-9H2,1-2H3. The van der Waals surface area contributed by atoms with Gasteiger partial charge in [-0.2, -0.15) is 0 Å². The van der Waals surface area contributed by atoms with E-state index in [-0.39, 0.29) is 0 Å². The van der Waals surface area contributed by atoms with Gasteiger partial charge in [0.25, 0.3) is 0 Å². The van der Waals surface area contributed by atoms with Crippen LogP contribution in [0.2, 0.25) is 0 Å². The van der Waals surface area contributed by atoms with Crippen molar-refractivity contribution in [2.45, 2.75) is 24.8 Å². The molecule has 2 rings (SSSR count). The van der Waals surface area contributed by atoms with Gasteiger partial charge >= 0.3 is 0 Å². The van der Waals surface area contributed by atoms with E-state index in [9.17, 15) is 0 Å². The van der Waals surface area contributed by atoms with Crippen molar-refractivity contribution in [2.75, 3.05) is 12.3 Å². The van der Waals surface area contributed by atoms with Crippen molar-refractivity contribution in [3.05, 3.63) is 46.4 Å². The lowest BCUT2D eigenvalue weighted by atomic mass is 10.3. The van der Waals surface area contributed by atoms with Gasteiger partial charge in [0, 0.05) is 28.3 Å². The third-order valence-electron chi connectivity index (χ3n) is 2.57. The highest BCUT2D eigenvalue weighted by Gasteiger charge is 2.07. The van der Waals surface area contributed by atoms with Crippen LogP contribution in [0.25, 0.3) is 0 Å². The van der Waals surface area contributed by atoms with Crippen molar-refractivity contribution < 1.29 is 0 Å². The van der Waals surface area contributed by atoms with Crippen molar-refractivity contribution >= 4 is 23.1 Å². The van der Waals surface area contributed by atoms with E-state index in [1.165, 1.54) is 9.90 Å². The molecule has 1 atom stereocenters. The number of hydrogen-bond donors (Lipinski definition) is 1. The molecule has 4 heteroatoms. The summed E-state index contributed by atoms with van der Waals surface area (Å²) < 4.78 is 0. The number of benzene rings is 1. The fourth-order valence-electron chi connectivity index (χ4n) is 1.62. The summed E-state index contributed by atoms with van der Waals surface area (Å²) >= 11 is 3.61. The van der Waals surface area contributed by atoms with Gasteiger partial charge in [-0.25, -0.2) is 4.98 Å². The fourth-order valence-corrected chi connectivity index (χ4v) is 3.25. The minimum atomic E-state index is 0.347. The number of nitrogens with zero attached hydrogens (tertiary/aromatic N) is 1. The topological polar surface area (TPSA) is 24.9 Å². The average molecular weight is 278 g/mol. The second-order valence-electron chi connectivity index (χ2n) is 4.16. The smallest absolute Gasteiger partial charge is 0.110 e. The molecule has 0 saturated carbocycles. The maximum atomic E-state index is 4.50. The number of hydrogen-bond acceptors (Lipinski definition) is 4. The van der Waals surface area contributed by atoms with Crippen LogP contribution in [0, 0.1) is 6.92 Å². The first-order chi connectivity index (χ1) is 8.75. The molecule has 0 amide bonds. The van der Waals surface area contributed by atoms with E-state index in [0.29, 0.717) is 6.04 Å². The Bertz CT molecular complexity index is 468. The largest absolute Gasteiger partial charge is 0.307 e. The molecule has 0 spiro atoms. The third kappa shape index (κ3) is 4.12. The number of rotatable bonds is 6. The van der Waals surface area contributed by atoms with Gasteiger partial charge in [0.1, 0.15) is 5.01 Å². The molecular weight excluding hydrogens is 260 g/mol. The van der Waals surface area contributed by atoms with Crippen molar-refractivity contribution in [1.82, 2.24) is 10.3 Å². The van der Waals surface area contributed by atoms with Gasteiger partial charge in [-0.05, 0) is 26.0 Å². The predicted octanol–water partition coefficient (Wildman–Crippen LogP) is 3.89. The number of thiazole rings is 1. The van der Waals surface area contributed by atoms with Crippen LogP contribution in [0.3, 0.4) is 0 Å². The number of aryl methyl sites for hydroxylation is 1. The summed E-state index contributed by atoms with van der Waals surface area (Å²) in [7, 11) is 0. The quantitative estimate of drug-likeness (QED) is 0.641. The molecular formula is C14H18N2S2. The van der Waals surface area contributed by atoms with Gasteiger partial charge in [-0.3, -0.25) is 0 Å². The van der Waals surface area contributed by atoms with Crippen LogP contribution in [0.1, 0.15) is 23.7 Å². The van der Waals surface area contributed by atoms with Crippen LogP contribution in [0.4, 0.5) is 0 Å². The zero-order chi connectivity index (χ0) is 12.8. The normalized spacial score (nSPS) is 12.6. The molecule has 0 aliphatic carbocycles. The molecule has 0 aliphatic rings. The van der Waals surface area contributed by atoms with E-state index in [1.807, 2.05) is 18.7 Å². The fraction of sp³-hybridized carbons (Fsp3) is 0.357. The van der Waals surface area contributed by atoms with E-state index in [4.69, 9.17) is 0 Å². The number of thioether (sulfide) groups is 1. The Morgan fingerprint density at radius 3 is 2.78 bits per heavy atom. The van der Waals surface area contributed by atoms with Crippen LogP contribution < -0.4 is 5.32 Å². The van der Waals surface area contributed by atoms with Crippen LogP contribution in [0.15, 0.2) is 40.6 Å². The van der Waals surface area contributed by atoms with E-state index in [2.05, 4.69) is 52.9 Å². The Morgan fingerprint density at radius 2 is 2.11 bits per heavy atom. The van der Waals surface area contributed by atoms with Crippen LogP contribution in [0.5, 0.6) is 0 Å². The Labute approximate surface area is 117 Å². The lowest BCUT2D eigenvalue weighted by Gasteiger charge is -2.10. The lowest BCUT2D eigenvalue weighted by Crippen LogP contribution is -2.21. The van der Waals surface area contributed by atoms with Crippen molar-refractivity contribution in [3.63, 3.8) is 0 Å². The zero-order valence-electron chi connectivity index (χ0n) is 10.7. The molecule has 1 aromatic carbocycles. The highest BCUT2D eigenvalue weighted by molar-refractivity contribution is 7.99. The summed E-state index contributed by atoms with van der Waals surface area (Å²) in [4.78, 5) is 5.83. The molecule has 1 unspecified atom stereocenters. The lowest BCUT2D eigenvalue weighted by molar-refractivity contribution is 0.597. The molecule has 1 N–H and O–H groups in total. The molecule has 18 heavy (non-hydrogen) atoms. The minimum Gasteiger partial charge on any atom is -0.307 e. The third-order valence-corrected chi connectivity index (χ3v) is 4.73. The Hall–Kier alpha value is -0.840. The van der Waals surface area contributed by atoms with E-state index in [1.54, 1.807) is 11.3 Å². The highest BCUT2D eigenvalue weighted by atomic mass is 32.2. The van der Waals surface area contributed by atoms with Crippen LogP contribution >= 0.6 is 23.1 Å². The van der Waals surface area contributed by atoms with E-state index < -0.39 is 0 Å². The molecule has 96 valence electrons. The maximum absolute atomic E-state index is 4.50. The van der Waals surface area contributed by atoms with Gasteiger partial charge in [0.2, 0.25) is 0 Å². The van der Waals surface area contributed by atoms with Gasteiger partial charge < -0.3 is 5.32 Å². The zero-order valence-corrected chi connectivity index (χ0v) is 12.4. The molecule has 2 nitrogen and oxygen atoms in total. The van der Waals surface area contributed by atoms with Crippen molar-refractivity contribution in [1.29, 1.82) is 0 Å². The monoisotopic (exact) mass is 278 g/mol. The Kier molecular flexibility index (Phi) is 5.23. The first-order valence-electron chi connectivity index (χ1n) is 6.09. The van der Waals surface area contributed by atoms with Crippen LogP contribution in [-0.4, -0.2) is 17.3 Å². The molecule has 0 bridgehead atoms. The summed E-state index contributed by atoms with van der Waals surface area (Å²) in [6, 6.07) is 10.9.